The zero-order chi connectivity index (χ0) is 16.0. The number of amides is 1. The summed E-state index contributed by atoms with van der Waals surface area (Å²) in [6.07, 6.45) is 0.617. The summed E-state index contributed by atoms with van der Waals surface area (Å²) < 4.78 is 0. The Morgan fingerprint density at radius 1 is 1.00 bits per heavy atom. The molecule has 1 aliphatic rings. The van der Waals surface area contributed by atoms with Gasteiger partial charge in [-0.05, 0) is 6.07 Å². The normalized spacial score (nSPS) is 21.1. The lowest BCUT2D eigenvalue weighted by Gasteiger charge is -2.38. The number of aliphatic hydroxyl groups is 1. The second-order valence-electron chi connectivity index (χ2n) is 7.04. The fourth-order valence-corrected chi connectivity index (χ4v) is 4.37. The van der Waals surface area contributed by atoms with Gasteiger partial charge in [-0.25, -0.2) is 0 Å². The Balaban J connectivity index is 2.20. The molecule has 2 aromatic carbocycles. The first-order chi connectivity index (χ1) is 10.3. The molecule has 1 aliphatic heterocycles. The van der Waals surface area contributed by atoms with Crippen LogP contribution in [0.4, 0.5) is 0 Å². The van der Waals surface area contributed by atoms with Crippen molar-refractivity contribution < 1.29 is 9.90 Å². The minimum absolute atomic E-state index is 0.0793. The molecule has 22 heavy (non-hydrogen) atoms. The van der Waals surface area contributed by atoms with Crippen LogP contribution in [0.5, 0.6) is 0 Å². The smallest absolute Gasteiger partial charge is 0.256 e. The summed E-state index contributed by atoms with van der Waals surface area (Å²) in [5.41, 5.74) is 0.665. The van der Waals surface area contributed by atoms with Crippen molar-refractivity contribution in [1.29, 1.82) is 0 Å². The van der Waals surface area contributed by atoms with E-state index in [9.17, 15) is 9.90 Å². The Kier molecular flexibility index (Phi) is 3.46. The van der Waals surface area contributed by atoms with Gasteiger partial charge in [-0.1, -0.05) is 68.2 Å². The Labute approximate surface area is 132 Å². The number of hydrogen-bond donors (Lipinski definition) is 1. The second kappa shape index (κ2) is 5.07. The van der Waals surface area contributed by atoms with E-state index in [4.69, 9.17) is 0 Å². The maximum Gasteiger partial charge on any atom is 0.256 e. The van der Waals surface area contributed by atoms with E-state index in [0.717, 1.165) is 5.56 Å². The zero-order valence-electron chi connectivity index (χ0n) is 13.2. The molecule has 1 atom stereocenters. The number of nitrogens with zero attached hydrogens (tertiary/aromatic N) is 1. The molecule has 114 valence electrons. The molecule has 2 aromatic rings. The van der Waals surface area contributed by atoms with Gasteiger partial charge < -0.3 is 10.0 Å². The van der Waals surface area contributed by atoms with Crippen LogP contribution in [0.2, 0.25) is 19.6 Å². The molecule has 1 N–H and O–H groups in total. The highest BCUT2D eigenvalue weighted by Crippen LogP contribution is 2.42. The third-order valence-electron chi connectivity index (χ3n) is 3.98. The lowest BCUT2D eigenvalue weighted by Crippen LogP contribution is -2.51. The van der Waals surface area contributed by atoms with E-state index < -0.39 is 13.8 Å². The molecular formula is C18H21NO2Si. The number of rotatable bonds is 3. The highest BCUT2D eigenvalue weighted by molar-refractivity contribution is 6.76. The molecule has 1 unspecified atom stereocenters. The predicted molar refractivity (Wildman–Crippen MR) is 90.3 cm³/mol. The molecule has 3 nitrogen and oxygen atoms in total. The summed E-state index contributed by atoms with van der Waals surface area (Å²) in [7, 11) is -1.58. The number of hydrogen-bond acceptors (Lipinski definition) is 2. The first-order valence-electron chi connectivity index (χ1n) is 7.53. The molecule has 3 rings (SSSR count). The topological polar surface area (TPSA) is 40.5 Å². The number of benzene rings is 2. The van der Waals surface area contributed by atoms with E-state index in [-0.39, 0.29) is 5.91 Å². The van der Waals surface area contributed by atoms with E-state index in [1.54, 1.807) is 11.0 Å². The third-order valence-corrected chi connectivity index (χ3v) is 5.24. The van der Waals surface area contributed by atoms with Crippen LogP contribution in [-0.2, 0) is 5.72 Å². The fraction of sp³-hybridized carbons (Fsp3) is 0.278. The van der Waals surface area contributed by atoms with Crippen molar-refractivity contribution in [3.8, 4) is 0 Å². The van der Waals surface area contributed by atoms with Crippen LogP contribution in [0.1, 0.15) is 21.5 Å². The molecule has 0 spiro atoms. The van der Waals surface area contributed by atoms with Crippen LogP contribution in [0.25, 0.3) is 0 Å². The van der Waals surface area contributed by atoms with Gasteiger partial charge in [-0.15, -0.1) is 0 Å². The van der Waals surface area contributed by atoms with Crippen molar-refractivity contribution in [1.82, 2.24) is 4.90 Å². The highest BCUT2D eigenvalue weighted by Gasteiger charge is 2.50. The first-order valence-corrected chi connectivity index (χ1v) is 11.2. The van der Waals surface area contributed by atoms with Gasteiger partial charge in [0.1, 0.15) is 0 Å². The average Bonchev–Trinajstić information content (AvgIpc) is 2.70. The summed E-state index contributed by atoms with van der Waals surface area (Å²) in [5.74, 6) is -0.0793. The lowest BCUT2D eigenvalue weighted by molar-refractivity contribution is -0.0422. The SMILES string of the molecule is C[Si](C)(C)CN1C(=O)c2ccccc2C1(O)c1ccccc1. The molecule has 0 aliphatic carbocycles. The molecule has 1 amide bonds. The predicted octanol–water partition coefficient (Wildman–Crippen LogP) is 3.21. The van der Waals surface area contributed by atoms with Gasteiger partial charge >= 0.3 is 0 Å². The minimum Gasteiger partial charge on any atom is -0.363 e. The van der Waals surface area contributed by atoms with Crippen LogP contribution < -0.4 is 0 Å². The maximum atomic E-state index is 12.9. The van der Waals surface area contributed by atoms with Crippen molar-refractivity contribution >= 4 is 14.0 Å². The molecule has 0 bridgehead atoms. The van der Waals surface area contributed by atoms with Crippen molar-refractivity contribution in [3.63, 3.8) is 0 Å². The maximum absolute atomic E-state index is 12.9. The van der Waals surface area contributed by atoms with Crippen molar-refractivity contribution in [3.05, 3.63) is 71.3 Å². The van der Waals surface area contributed by atoms with Crippen molar-refractivity contribution in [2.45, 2.75) is 25.4 Å². The Morgan fingerprint density at radius 2 is 1.59 bits per heavy atom. The Bertz CT molecular complexity index is 709. The quantitative estimate of drug-likeness (QED) is 0.884. The fourth-order valence-electron chi connectivity index (χ4n) is 3.05. The van der Waals surface area contributed by atoms with Gasteiger partial charge in [0, 0.05) is 22.9 Å². The first kappa shape index (κ1) is 15.0. The molecular weight excluding hydrogens is 290 g/mol. The van der Waals surface area contributed by atoms with Gasteiger partial charge in [0.05, 0.1) is 8.07 Å². The van der Waals surface area contributed by atoms with Gasteiger partial charge in [-0.3, -0.25) is 4.79 Å². The van der Waals surface area contributed by atoms with Crippen LogP contribution in [0, 0.1) is 0 Å². The van der Waals surface area contributed by atoms with Crippen LogP contribution in [-0.4, -0.2) is 30.2 Å². The van der Waals surface area contributed by atoms with Gasteiger partial charge in [0.25, 0.3) is 5.91 Å². The molecule has 0 aromatic heterocycles. The summed E-state index contributed by atoms with van der Waals surface area (Å²) in [6, 6.07) is 16.8. The highest BCUT2D eigenvalue weighted by atomic mass is 28.3. The summed E-state index contributed by atoms with van der Waals surface area (Å²) in [5, 5.41) is 11.5. The van der Waals surface area contributed by atoms with E-state index in [1.165, 1.54) is 0 Å². The zero-order valence-corrected chi connectivity index (χ0v) is 14.2. The standard InChI is InChI=1S/C18H21NO2Si/c1-22(2,3)13-19-17(20)15-11-7-8-12-16(15)18(19,21)14-9-5-4-6-10-14/h4-12,21H,13H2,1-3H3. The molecule has 4 heteroatoms. The largest absolute Gasteiger partial charge is 0.363 e. The van der Waals surface area contributed by atoms with Crippen LogP contribution in [0.3, 0.4) is 0 Å². The van der Waals surface area contributed by atoms with Crippen LogP contribution in [0.15, 0.2) is 54.6 Å². The molecule has 0 saturated carbocycles. The van der Waals surface area contributed by atoms with E-state index in [0.29, 0.717) is 17.3 Å². The number of fused-ring (bicyclic) bond motifs is 1. The molecule has 0 radical (unpaired) electrons. The van der Waals surface area contributed by atoms with Crippen molar-refractivity contribution in [2.75, 3.05) is 6.17 Å². The minimum atomic E-state index is -1.58. The van der Waals surface area contributed by atoms with E-state index in [2.05, 4.69) is 19.6 Å². The van der Waals surface area contributed by atoms with Crippen LogP contribution >= 0.6 is 0 Å². The van der Waals surface area contributed by atoms with Gasteiger partial charge in [0.15, 0.2) is 5.72 Å². The van der Waals surface area contributed by atoms with Gasteiger partial charge in [0.2, 0.25) is 0 Å². The molecule has 0 saturated heterocycles. The van der Waals surface area contributed by atoms with Gasteiger partial charge in [-0.2, -0.15) is 0 Å². The Hall–Kier alpha value is -1.91. The number of carbonyl (C=O) groups excluding carboxylic acids is 1. The van der Waals surface area contributed by atoms with E-state index in [1.807, 2.05) is 48.5 Å². The summed E-state index contributed by atoms with van der Waals surface area (Å²) in [4.78, 5) is 14.5. The average molecular weight is 311 g/mol. The number of carbonyl (C=O) groups is 1. The Morgan fingerprint density at radius 3 is 2.23 bits per heavy atom. The van der Waals surface area contributed by atoms with Crippen molar-refractivity contribution in [2.24, 2.45) is 0 Å². The summed E-state index contributed by atoms with van der Waals surface area (Å²) in [6.45, 7) is 6.61. The second-order valence-corrected chi connectivity index (χ2v) is 12.5. The summed E-state index contributed by atoms with van der Waals surface area (Å²) >= 11 is 0. The lowest BCUT2D eigenvalue weighted by atomic mass is 9.94. The molecule has 1 heterocycles. The third kappa shape index (κ3) is 2.28. The molecule has 0 fully saturated rings. The van der Waals surface area contributed by atoms with E-state index >= 15 is 0 Å². The monoisotopic (exact) mass is 311 g/mol.